The largest absolute Gasteiger partial charge is 0.471 e. The van der Waals surface area contributed by atoms with E-state index in [0.717, 1.165) is 0 Å². The monoisotopic (exact) mass is 369 g/mol. The molecule has 0 spiro atoms. The van der Waals surface area contributed by atoms with Crippen LogP contribution in [-0.2, 0) is 4.79 Å². The van der Waals surface area contributed by atoms with Crippen LogP contribution in [0.3, 0.4) is 0 Å². The predicted octanol–water partition coefficient (Wildman–Crippen LogP) is 2.86. The van der Waals surface area contributed by atoms with Gasteiger partial charge in [-0.25, -0.2) is 4.98 Å². The van der Waals surface area contributed by atoms with Gasteiger partial charge in [0.15, 0.2) is 5.78 Å². The molecule has 0 unspecified atom stereocenters. The molecule has 132 valence electrons. The number of ether oxygens (including phenoxy) is 1. The highest BCUT2D eigenvalue weighted by Gasteiger charge is 2.32. The van der Waals surface area contributed by atoms with E-state index in [-0.39, 0.29) is 30.6 Å². The lowest BCUT2D eigenvalue weighted by atomic mass is 10.0. The van der Waals surface area contributed by atoms with Crippen LogP contribution in [0.2, 0.25) is 5.02 Å². The van der Waals surface area contributed by atoms with Crippen LogP contribution in [0.1, 0.15) is 28.8 Å². The Balaban J connectivity index is 1.42. The zero-order valence-corrected chi connectivity index (χ0v) is 14.6. The minimum Gasteiger partial charge on any atom is -0.471 e. The summed E-state index contributed by atoms with van der Waals surface area (Å²) in [7, 11) is 0. The number of pyridine rings is 1. The Kier molecular flexibility index (Phi) is 5.49. The average Bonchev–Trinajstić information content (AvgIpc) is 2.63. The van der Waals surface area contributed by atoms with Gasteiger partial charge in [0.2, 0.25) is 11.8 Å². The van der Waals surface area contributed by atoms with Gasteiger partial charge in [-0.1, -0.05) is 11.6 Å². The second-order valence-corrected chi connectivity index (χ2v) is 6.40. The number of ketones is 1. The van der Waals surface area contributed by atoms with Crippen molar-refractivity contribution in [3.8, 4) is 11.9 Å². The van der Waals surface area contributed by atoms with Gasteiger partial charge in [0.25, 0.3) is 0 Å². The highest BCUT2D eigenvalue weighted by molar-refractivity contribution is 6.30. The smallest absolute Gasteiger partial charge is 0.223 e. The van der Waals surface area contributed by atoms with E-state index in [1.54, 1.807) is 41.3 Å². The van der Waals surface area contributed by atoms with Crippen molar-refractivity contribution in [2.24, 2.45) is 0 Å². The maximum atomic E-state index is 12.2. The first-order valence-electron chi connectivity index (χ1n) is 8.14. The number of halogens is 1. The zero-order chi connectivity index (χ0) is 18.5. The molecule has 6 nitrogen and oxygen atoms in total. The van der Waals surface area contributed by atoms with Crippen molar-refractivity contribution in [2.75, 3.05) is 13.1 Å². The summed E-state index contributed by atoms with van der Waals surface area (Å²) >= 11 is 5.80. The molecule has 1 aliphatic heterocycles. The summed E-state index contributed by atoms with van der Waals surface area (Å²) < 4.78 is 5.64. The van der Waals surface area contributed by atoms with Crippen molar-refractivity contribution in [3.63, 3.8) is 0 Å². The van der Waals surface area contributed by atoms with E-state index in [1.807, 2.05) is 6.07 Å². The average molecular weight is 370 g/mol. The summed E-state index contributed by atoms with van der Waals surface area (Å²) in [5.74, 6) is 0.214. The number of carbonyl (C=O) groups is 2. The van der Waals surface area contributed by atoms with Crippen LogP contribution in [0.4, 0.5) is 0 Å². The lowest BCUT2D eigenvalue weighted by molar-refractivity contribution is -0.140. The molecule has 1 aromatic heterocycles. The van der Waals surface area contributed by atoms with Crippen LogP contribution >= 0.6 is 11.6 Å². The Morgan fingerprint density at radius 2 is 1.96 bits per heavy atom. The molecule has 7 heteroatoms. The summed E-state index contributed by atoms with van der Waals surface area (Å²) in [6.45, 7) is 0.902. The second kappa shape index (κ2) is 7.98. The molecule has 2 aromatic rings. The van der Waals surface area contributed by atoms with Gasteiger partial charge >= 0.3 is 0 Å². The third kappa shape index (κ3) is 4.38. The summed E-state index contributed by atoms with van der Waals surface area (Å²) in [6.07, 6.45) is 1.69. The number of amides is 1. The van der Waals surface area contributed by atoms with Crippen molar-refractivity contribution in [3.05, 3.63) is 58.7 Å². The maximum Gasteiger partial charge on any atom is 0.223 e. The summed E-state index contributed by atoms with van der Waals surface area (Å²) in [5, 5.41) is 9.43. The normalized spacial score (nSPS) is 13.6. The van der Waals surface area contributed by atoms with Crippen molar-refractivity contribution >= 4 is 23.3 Å². The molecule has 26 heavy (non-hydrogen) atoms. The summed E-state index contributed by atoms with van der Waals surface area (Å²) in [4.78, 5) is 29.9. The zero-order valence-electron chi connectivity index (χ0n) is 13.9. The Morgan fingerprint density at radius 3 is 2.65 bits per heavy atom. The van der Waals surface area contributed by atoms with E-state index in [4.69, 9.17) is 21.6 Å². The SMILES string of the molecule is N#Cc1ccnc(OC2CN(C(=O)CCC(=O)c3ccc(Cl)cc3)C2)c1. The van der Waals surface area contributed by atoms with E-state index in [2.05, 4.69) is 4.98 Å². The Labute approximate surface area is 156 Å². The number of benzene rings is 1. The maximum absolute atomic E-state index is 12.2. The van der Waals surface area contributed by atoms with Crippen LogP contribution in [0.25, 0.3) is 0 Å². The third-order valence-corrected chi connectivity index (χ3v) is 4.34. The molecule has 2 heterocycles. The van der Waals surface area contributed by atoms with Crippen LogP contribution in [0, 0.1) is 11.3 Å². The van der Waals surface area contributed by atoms with Gasteiger partial charge in [0, 0.05) is 35.7 Å². The standard InChI is InChI=1S/C19H16ClN3O3/c20-15-3-1-14(2-4-15)17(24)5-6-19(25)23-11-16(12-23)26-18-9-13(10-21)7-8-22-18/h1-4,7-9,16H,5-6,11-12H2. The Morgan fingerprint density at radius 1 is 1.23 bits per heavy atom. The molecule has 1 fully saturated rings. The van der Waals surface area contributed by atoms with Crippen LogP contribution < -0.4 is 4.74 Å². The van der Waals surface area contributed by atoms with Gasteiger partial charge in [-0.2, -0.15) is 5.26 Å². The van der Waals surface area contributed by atoms with Crippen LogP contribution in [0.15, 0.2) is 42.6 Å². The quantitative estimate of drug-likeness (QED) is 0.731. The first-order valence-corrected chi connectivity index (χ1v) is 8.52. The third-order valence-electron chi connectivity index (χ3n) is 4.08. The number of carbonyl (C=O) groups excluding carboxylic acids is 2. The van der Waals surface area contributed by atoms with E-state index in [0.29, 0.717) is 35.1 Å². The number of hydrogen-bond donors (Lipinski definition) is 0. The van der Waals surface area contributed by atoms with Gasteiger partial charge in [-0.15, -0.1) is 0 Å². The number of likely N-dealkylation sites (tertiary alicyclic amines) is 1. The number of Topliss-reactive ketones (excluding diaryl/α,β-unsaturated/α-hetero) is 1. The minimum absolute atomic E-state index is 0.0779. The number of nitrogens with zero attached hydrogens (tertiary/aromatic N) is 3. The van der Waals surface area contributed by atoms with Gasteiger partial charge in [0.05, 0.1) is 24.7 Å². The lowest BCUT2D eigenvalue weighted by Gasteiger charge is -2.38. The molecule has 1 amide bonds. The molecule has 0 bridgehead atoms. The predicted molar refractivity (Wildman–Crippen MR) is 95.0 cm³/mol. The number of rotatable bonds is 6. The second-order valence-electron chi connectivity index (χ2n) is 5.96. The first kappa shape index (κ1) is 17.9. The number of hydrogen-bond acceptors (Lipinski definition) is 5. The molecule has 1 aliphatic rings. The van der Waals surface area contributed by atoms with E-state index in [9.17, 15) is 9.59 Å². The molecule has 0 N–H and O–H groups in total. The van der Waals surface area contributed by atoms with Crippen molar-refractivity contribution in [1.82, 2.24) is 9.88 Å². The molecular weight excluding hydrogens is 354 g/mol. The molecule has 0 atom stereocenters. The van der Waals surface area contributed by atoms with Gasteiger partial charge < -0.3 is 9.64 Å². The fourth-order valence-corrected chi connectivity index (χ4v) is 2.72. The van der Waals surface area contributed by atoms with Crippen molar-refractivity contribution < 1.29 is 14.3 Å². The Bertz CT molecular complexity index is 855. The van der Waals surface area contributed by atoms with Gasteiger partial charge in [-0.05, 0) is 30.3 Å². The van der Waals surface area contributed by atoms with E-state index >= 15 is 0 Å². The minimum atomic E-state index is -0.146. The fourth-order valence-electron chi connectivity index (χ4n) is 2.59. The Hall–Kier alpha value is -2.91. The molecule has 0 saturated carbocycles. The van der Waals surface area contributed by atoms with Gasteiger partial charge in [-0.3, -0.25) is 9.59 Å². The summed E-state index contributed by atoms with van der Waals surface area (Å²) in [6, 6.07) is 11.8. The van der Waals surface area contributed by atoms with Crippen molar-refractivity contribution in [1.29, 1.82) is 5.26 Å². The lowest BCUT2D eigenvalue weighted by Crippen LogP contribution is -2.56. The molecule has 1 aromatic carbocycles. The number of aromatic nitrogens is 1. The molecule has 0 radical (unpaired) electrons. The highest BCUT2D eigenvalue weighted by Crippen LogP contribution is 2.19. The molecular formula is C19H16ClN3O3. The van der Waals surface area contributed by atoms with E-state index in [1.165, 1.54) is 6.20 Å². The van der Waals surface area contributed by atoms with E-state index < -0.39 is 0 Å². The molecule has 3 rings (SSSR count). The summed E-state index contributed by atoms with van der Waals surface area (Å²) in [5.41, 5.74) is 1.03. The molecule has 0 aliphatic carbocycles. The number of nitriles is 1. The van der Waals surface area contributed by atoms with Crippen molar-refractivity contribution in [2.45, 2.75) is 18.9 Å². The topological polar surface area (TPSA) is 83.3 Å². The van der Waals surface area contributed by atoms with Crippen LogP contribution in [0.5, 0.6) is 5.88 Å². The highest BCUT2D eigenvalue weighted by atomic mass is 35.5. The van der Waals surface area contributed by atoms with Crippen LogP contribution in [-0.4, -0.2) is 40.8 Å². The van der Waals surface area contributed by atoms with Gasteiger partial charge in [0.1, 0.15) is 6.10 Å². The fraction of sp³-hybridized carbons (Fsp3) is 0.263. The first-order chi connectivity index (χ1) is 12.5. The molecule has 1 saturated heterocycles.